The summed E-state index contributed by atoms with van der Waals surface area (Å²) < 4.78 is 27.6. The van der Waals surface area contributed by atoms with Crippen LogP contribution in [0.1, 0.15) is 53.4 Å². The van der Waals surface area contributed by atoms with Crippen molar-refractivity contribution in [2.45, 2.75) is 45.7 Å². The van der Waals surface area contributed by atoms with Crippen LogP contribution in [-0.4, -0.2) is 92.7 Å². The molecule has 42 heavy (non-hydrogen) atoms. The number of nitriles is 1. The lowest BCUT2D eigenvalue weighted by atomic mass is 10.0. The van der Waals surface area contributed by atoms with Gasteiger partial charge >= 0.3 is 12.1 Å². The molecule has 224 valence electrons. The maximum Gasteiger partial charge on any atom is 0.409 e. The summed E-state index contributed by atoms with van der Waals surface area (Å²) in [6.45, 7) is 7.58. The Balaban J connectivity index is 1.18. The van der Waals surface area contributed by atoms with Gasteiger partial charge in [-0.25, -0.2) is 14.6 Å². The van der Waals surface area contributed by atoms with Gasteiger partial charge in [-0.15, -0.1) is 0 Å². The molecule has 5 rings (SSSR count). The predicted molar refractivity (Wildman–Crippen MR) is 152 cm³/mol. The highest BCUT2D eigenvalue weighted by molar-refractivity contribution is 5.95. The summed E-state index contributed by atoms with van der Waals surface area (Å²) >= 11 is 0. The monoisotopic (exact) mass is 579 g/mol. The maximum atomic E-state index is 13.1. The SMILES string of the molecule is CCOC(=O)c1cc(C#N)c(C)nc1N1CCN(C(=O)OCC2CCCCN2Cc2cc(OC)c3c(c2)OCO3)CC1. The van der Waals surface area contributed by atoms with E-state index in [4.69, 9.17) is 23.7 Å². The van der Waals surface area contributed by atoms with Gasteiger partial charge in [-0.3, -0.25) is 4.90 Å². The maximum absolute atomic E-state index is 13.1. The fourth-order valence-corrected chi connectivity index (χ4v) is 5.63. The molecule has 0 bridgehead atoms. The minimum atomic E-state index is -0.519. The smallest absolute Gasteiger partial charge is 0.409 e. The number of anilines is 1. The third-order valence-corrected chi connectivity index (χ3v) is 7.90. The number of benzene rings is 1. The quantitative estimate of drug-likeness (QED) is 0.427. The summed E-state index contributed by atoms with van der Waals surface area (Å²) in [6.07, 6.45) is 2.77. The van der Waals surface area contributed by atoms with Crippen LogP contribution in [0.5, 0.6) is 17.2 Å². The highest BCUT2D eigenvalue weighted by Gasteiger charge is 2.30. The lowest BCUT2D eigenvalue weighted by Gasteiger charge is -2.37. The van der Waals surface area contributed by atoms with E-state index < -0.39 is 5.97 Å². The molecule has 0 aliphatic carbocycles. The highest BCUT2D eigenvalue weighted by atomic mass is 16.7. The molecule has 12 nitrogen and oxygen atoms in total. The Hall–Kier alpha value is -4.24. The summed E-state index contributed by atoms with van der Waals surface area (Å²) in [5.74, 6) is 1.92. The molecule has 0 spiro atoms. The van der Waals surface area contributed by atoms with E-state index >= 15 is 0 Å². The van der Waals surface area contributed by atoms with Crippen molar-refractivity contribution in [3.8, 4) is 23.3 Å². The van der Waals surface area contributed by atoms with Gasteiger partial charge in [0.05, 0.1) is 25.0 Å². The average molecular weight is 580 g/mol. The molecular formula is C30H37N5O7. The largest absolute Gasteiger partial charge is 0.493 e. The summed E-state index contributed by atoms with van der Waals surface area (Å²) in [4.78, 5) is 36.2. The van der Waals surface area contributed by atoms with E-state index in [1.165, 1.54) is 6.07 Å². The number of piperazine rings is 1. The number of aromatic nitrogens is 1. The molecule has 3 aliphatic heterocycles. The predicted octanol–water partition coefficient (Wildman–Crippen LogP) is 3.49. The van der Waals surface area contributed by atoms with Gasteiger partial charge in [-0.05, 0) is 57.0 Å². The average Bonchev–Trinajstić information content (AvgIpc) is 3.49. The van der Waals surface area contributed by atoms with E-state index in [-0.39, 0.29) is 31.1 Å². The van der Waals surface area contributed by atoms with Gasteiger partial charge < -0.3 is 33.5 Å². The second-order valence-corrected chi connectivity index (χ2v) is 10.5. The number of ether oxygens (including phenoxy) is 5. The van der Waals surface area contributed by atoms with Crippen molar-refractivity contribution in [3.05, 3.63) is 40.6 Å². The molecule has 1 aromatic heterocycles. The third kappa shape index (κ3) is 6.31. The Morgan fingerprint density at radius 3 is 2.64 bits per heavy atom. The van der Waals surface area contributed by atoms with Gasteiger partial charge in [-0.1, -0.05) is 6.42 Å². The van der Waals surface area contributed by atoms with Gasteiger partial charge in [0, 0.05) is 38.8 Å². The standard InChI is InChI=1S/C30H37N5O7/c1-4-39-29(36)24-15-22(16-31)20(2)32-28(24)33-9-11-34(12-10-33)30(37)40-18-23-7-5-6-8-35(23)17-21-13-25(38-3)27-26(14-21)41-19-42-27/h13-15,23H,4-12,17-19H2,1-3H3. The van der Waals surface area contributed by atoms with Crippen LogP contribution in [0.2, 0.25) is 0 Å². The number of esters is 1. The number of amides is 1. The van der Waals surface area contributed by atoms with Crippen LogP contribution in [0, 0.1) is 18.3 Å². The van der Waals surface area contributed by atoms with Gasteiger partial charge in [0.15, 0.2) is 11.5 Å². The molecule has 2 fully saturated rings. The third-order valence-electron chi connectivity index (χ3n) is 7.90. The molecular weight excluding hydrogens is 542 g/mol. The summed E-state index contributed by atoms with van der Waals surface area (Å²) in [7, 11) is 1.62. The van der Waals surface area contributed by atoms with E-state index in [9.17, 15) is 14.9 Å². The zero-order valence-corrected chi connectivity index (χ0v) is 24.4. The fraction of sp³-hybridized carbons (Fsp3) is 0.533. The van der Waals surface area contributed by atoms with Gasteiger partial charge in [0.1, 0.15) is 24.1 Å². The molecule has 3 aliphatic rings. The van der Waals surface area contributed by atoms with E-state index in [2.05, 4.69) is 16.0 Å². The number of methoxy groups -OCH3 is 1. The molecule has 12 heteroatoms. The van der Waals surface area contributed by atoms with Gasteiger partial charge in [-0.2, -0.15) is 5.26 Å². The molecule has 0 N–H and O–H groups in total. The van der Waals surface area contributed by atoms with Crippen molar-refractivity contribution in [1.29, 1.82) is 5.26 Å². The molecule has 0 saturated carbocycles. The number of piperidine rings is 1. The number of carbonyl (C=O) groups excluding carboxylic acids is 2. The van der Waals surface area contributed by atoms with Gasteiger partial charge in [0.2, 0.25) is 12.5 Å². The highest BCUT2D eigenvalue weighted by Crippen LogP contribution is 2.42. The first-order valence-corrected chi connectivity index (χ1v) is 14.4. The summed E-state index contributed by atoms with van der Waals surface area (Å²) in [5, 5.41) is 9.41. The van der Waals surface area contributed by atoms with E-state index in [1.807, 2.05) is 17.0 Å². The topological polar surface area (TPSA) is 127 Å². The van der Waals surface area contributed by atoms with Crippen LogP contribution in [-0.2, 0) is 16.0 Å². The van der Waals surface area contributed by atoms with Gasteiger partial charge in [0.25, 0.3) is 0 Å². The number of fused-ring (bicyclic) bond motifs is 1. The van der Waals surface area contributed by atoms with Crippen LogP contribution in [0.4, 0.5) is 10.6 Å². The molecule has 1 atom stereocenters. The summed E-state index contributed by atoms with van der Waals surface area (Å²) in [6, 6.07) is 7.68. The van der Waals surface area contributed by atoms with Crippen LogP contribution < -0.4 is 19.1 Å². The van der Waals surface area contributed by atoms with Crippen LogP contribution in [0.15, 0.2) is 18.2 Å². The number of hydrogen-bond donors (Lipinski definition) is 0. The van der Waals surface area contributed by atoms with Crippen molar-refractivity contribution in [3.63, 3.8) is 0 Å². The molecule has 1 amide bonds. The number of hydrogen-bond acceptors (Lipinski definition) is 11. The lowest BCUT2D eigenvalue weighted by Crippen LogP contribution is -2.50. The Morgan fingerprint density at radius 1 is 1.10 bits per heavy atom. The van der Waals surface area contributed by atoms with E-state index in [0.29, 0.717) is 73.7 Å². The number of nitrogens with zero attached hydrogens (tertiary/aromatic N) is 5. The zero-order valence-electron chi connectivity index (χ0n) is 24.4. The zero-order chi connectivity index (χ0) is 29.6. The van der Waals surface area contributed by atoms with E-state index in [0.717, 1.165) is 31.4 Å². The molecule has 2 saturated heterocycles. The first-order chi connectivity index (χ1) is 20.4. The molecule has 2 aromatic rings. The first-order valence-electron chi connectivity index (χ1n) is 14.4. The molecule has 1 aromatic carbocycles. The number of pyridine rings is 1. The Morgan fingerprint density at radius 2 is 1.90 bits per heavy atom. The fourth-order valence-electron chi connectivity index (χ4n) is 5.63. The minimum absolute atomic E-state index is 0.110. The number of carbonyl (C=O) groups is 2. The Kier molecular flexibility index (Phi) is 9.17. The van der Waals surface area contributed by atoms with Crippen molar-refractivity contribution < 1.29 is 33.3 Å². The van der Waals surface area contributed by atoms with Crippen LogP contribution in [0.25, 0.3) is 0 Å². The Labute approximate surface area is 245 Å². The first kappa shape index (κ1) is 29.3. The van der Waals surface area contributed by atoms with Crippen molar-refractivity contribution in [2.75, 3.05) is 64.7 Å². The number of rotatable bonds is 8. The summed E-state index contributed by atoms with van der Waals surface area (Å²) in [5.41, 5.74) is 2.18. The van der Waals surface area contributed by atoms with Crippen molar-refractivity contribution >= 4 is 17.9 Å². The van der Waals surface area contributed by atoms with Crippen LogP contribution in [0.3, 0.4) is 0 Å². The van der Waals surface area contributed by atoms with Crippen molar-refractivity contribution in [1.82, 2.24) is 14.8 Å². The second kappa shape index (κ2) is 13.2. The molecule has 0 radical (unpaired) electrons. The number of aryl methyl sites for hydroxylation is 1. The normalized spacial score (nSPS) is 18.4. The minimum Gasteiger partial charge on any atom is -0.493 e. The Bertz CT molecular complexity index is 1350. The van der Waals surface area contributed by atoms with E-state index in [1.54, 1.807) is 25.9 Å². The van der Waals surface area contributed by atoms with Crippen molar-refractivity contribution in [2.24, 2.45) is 0 Å². The second-order valence-electron chi connectivity index (χ2n) is 10.5. The lowest BCUT2D eigenvalue weighted by molar-refractivity contribution is 0.0453. The molecule has 1 unspecified atom stereocenters. The number of likely N-dealkylation sites (tertiary alicyclic amines) is 1. The van der Waals surface area contributed by atoms with Crippen LogP contribution >= 0.6 is 0 Å². The molecule has 4 heterocycles.